The summed E-state index contributed by atoms with van der Waals surface area (Å²) >= 11 is 0. The summed E-state index contributed by atoms with van der Waals surface area (Å²) in [6.07, 6.45) is 0.0368. The molecule has 2 aromatic carbocycles. The third-order valence-corrected chi connectivity index (χ3v) is 15.2. The predicted octanol–water partition coefficient (Wildman–Crippen LogP) is -2.26. The van der Waals surface area contributed by atoms with Crippen LogP contribution in [-0.4, -0.2) is 179 Å². The number of unbranched alkanes of at least 4 members (excludes halogenated alkanes) is 1. The molecular weight excluding hydrogens is 1250 g/mol. The van der Waals surface area contributed by atoms with E-state index in [9.17, 15) is 67.7 Å². The number of hydrogen-bond donors (Lipinski definition) is 18. The number of carbonyl (C=O) groups is 12. The molecule has 31 heteroatoms. The quantitative estimate of drug-likeness (QED) is 0.0189. The van der Waals surface area contributed by atoms with Crippen LogP contribution >= 0.6 is 0 Å². The minimum Gasteiger partial charge on any atom is -0.508 e. The summed E-state index contributed by atoms with van der Waals surface area (Å²) in [7, 11) is 0. The molecule has 12 amide bonds. The highest BCUT2D eigenvalue weighted by Crippen LogP contribution is 2.16. The maximum absolute atomic E-state index is 14.7. The maximum atomic E-state index is 14.7. The Bertz CT molecular complexity index is 2930. The van der Waals surface area contributed by atoms with Gasteiger partial charge >= 0.3 is 0 Å². The van der Waals surface area contributed by atoms with Crippen LogP contribution in [0.5, 0.6) is 5.75 Å². The lowest BCUT2D eigenvalue weighted by atomic mass is 9.98. The third-order valence-electron chi connectivity index (χ3n) is 15.2. The minimum absolute atomic E-state index is 0.0135. The number of rotatable bonds is 44. The molecule has 0 aromatic heterocycles. The van der Waals surface area contributed by atoms with Gasteiger partial charge in [0.15, 0.2) is 5.96 Å². The molecule has 2 aromatic rings. The SMILES string of the molecule is CC(C)C[C@H](NC(=O)[C@H](CCCN=C(N)N)NC(=O)CNC(=O)[C@H](C)NC(=O)[C@H](CC(C)C)NC(=O)[C@H](CCCCN)NC(=O)[C@H](CC(C)C)NC(=O)[C@H](CC(C)C)NC(=O)[C@H](Cc1ccccc1)NC(=O)[C@H](Cc1ccc(O)cc1)NC(=O)[C@H](C)NC(=O)[C@@H](N)[C@@H](C)O)C(N)=O. The van der Waals surface area contributed by atoms with Crippen molar-refractivity contribution in [2.45, 2.75) is 219 Å². The Hall–Kier alpha value is -8.97. The van der Waals surface area contributed by atoms with Crippen molar-refractivity contribution in [3.8, 4) is 5.75 Å². The van der Waals surface area contributed by atoms with Crippen molar-refractivity contribution in [2.24, 2.45) is 57.3 Å². The number of hydrogen-bond acceptors (Lipinski definition) is 17. The normalized spacial score (nSPS) is 15.0. The largest absolute Gasteiger partial charge is 0.508 e. The zero-order valence-electron chi connectivity index (χ0n) is 58.0. The standard InChI is InChI=1S/C66H109N17O14/c1-35(2)28-47(55(69)87)78-58(90)45(21-17-27-72-66(70)71)76-53(86)34-73-56(88)39(9)74-60(92)48(29-36(3)4)80-59(91)46(20-15-16-26-67)77-61(93)49(30-37(5)6)81-62(94)50(31-38(7)8)82-64(96)52(32-42-18-13-12-14-19-42)83-63(95)51(33-43-22-24-44(85)25-23-43)79-57(89)40(10)75-65(97)54(68)41(11)84/h12-14,18-19,22-25,35-41,45-52,54,84-85H,15-17,20-21,26-34,67-68H2,1-11H3,(H2,69,87)(H,73,88)(H,74,92)(H,75,97)(H,76,86)(H,77,93)(H,78,90)(H,79,89)(H,80,91)(H,81,94)(H,82,96)(H,83,95)(H4,70,71,72)/t39-,40-,41+,45-,46-,47-,48-,49-,50-,51-,52-,54-/m0/s1. The Labute approximate surface area is 568 Å². The molecule has 0 bridgehead atoms. The first-order valence-corrected chi connectivity index (χ1v) is 33.1. The van der Waals surface area contributed by atoms with Crippen molar-refractivity contribution in [1.29, 1.82) is 0 Å². The first-order chi connectivity index (χ1) is 45.5. The molecule has 0 radical (unpaired) electrons. The zero-order valence-corrected chi connectivity index (χ0v) is 58.0. The number of phenols is 1. The van der Waals surface area contributed by atoms with Gasteiger partial charge in [0.25, 0.3) is 0 Å². The molecule has 0 aliphatic carbocycles. The summed E-state index contributed by atoms with van der Waals surface area (Å²) in [5.74, 6) is -10.3. The number of nitrogens with two attached hydrogens (primary N) is 5. The molecule has 0 unspecified atom stereocenters. The number of benzene rings is 2. The summed E-state index contributed by atoms with van der Waals surface area (Å²) in [5, 5.41) is 48.9. The molecule has 12 atom stereocenters. The van der Waals surface area contributed by atoms with Crippen molar-refractivity contribution < 1.29 is 67.7 Å². The Morgan fingerprint density at radius 3 is 1.25 bits per heavy atom. The summed E-state index contributed by atoms with van der Waals surface area (Å²) in [5.41, 5.74) is 29.1. The number of nitrogens with zero attached hydrogens (tertiary/aromatic N) is 1. The molecule has 0 fully saturated rings. The molecule has 0 spiro atoms. The zero-order chi connectivity index (χ0) is 73.2. The van der Waals surface area contributed by atoms with E-state index < -0.39 is 150 Å². The van der Waals surface area contributed by atoms with E-state index in [1.54, 1.807) is 44.2 Å². The van der Waals surface area contributed by atoms with Gasteiger partial charge < -0.3 is 97.4 Å². The van der Waals surface area contributed by atoms with E-state index >= 15 is 0 Å². The number of carbonyl (C=O) groups excluding carboxylic acids is 12. The third kappa shape index (κ3) is 33.0. The highest BCUT2D eigenvalue weighted by Gasteiger charge is 2.36. The fourth-order valence-corrected chi connectivity index (χ4v) is 9.97. The van der Waals surface area contributed by atoms with Crippen molar-refractivity contribution >= 4 is 76.8 Å². The van der Waals surface area contributed by atoms with E-state index in [4.69, 9.17) is 28.7 Å². The van der Waals surface area contributed by atoms with Crippen molar-refractivity contribution in [2.75, 3.05) is 19.6 Å². The van der Waals surface area contributed by atoms with Gasteiger partial charge in [0, 0.05) is 19.4 Å². The number of aliphatic hydroxyl groups is 1. The van der Waals surface area contributed by atoms with Crippen LogP contribution < -0.4 is 87.2 Å². The number of amides is 12. The van der Waals surface area contributed by atoms with Gasteiger partial charge in [0.05, 0.1) is 12.6 Å². The summed E-state index contributed by atoms with van der Waals surface area (Å²) in [6.45, 7) is 18.2. The summed E-state index contributed by atoms with van der Waals surface area (Å²) < 4.78 is 0. The second-order valence-electron chi connectivity index (χ2n) is 26.2. The number of primary amides is 1. The van der Waals surface area contributed by atoms with Crippen LogP contribution in [0.15, 0.2) is 59.6 Å². The molecule has 23 N–H and O–H groups in total. The molecule has 0 aliphatic heterocycles. The van der Waals surface area contributed by atoms with Gasteiger partial charge in [-0.3, -0.25) is 62.5 Å². The van der Waals surface area contributed by atoms with Crippen LogP contribution in [0.4, 0.5) is 0 Å². The first-order valence-electron chi connectivity index (χ1n) is 33.1. The van der Waals surface area contributed by atoms with Crippen molar-refractivity contribution in [3.05, 3.63) is 65.7 Å². The maximum Gasteiger partial charge on any atom is 0.243 e. The highest BCUT2D eigenvalue weighted by molar-refractivity contribution is 5.99. The fraction of sp³-hybridized carbons (Fsp3) is 0.621. The molecule has 0 saturated carbocycles. The van der Waals surface area contributed by atoms with Crippen LogP contribution in [0.2, 0.25) is 0 Å². The van der Waals surface area contributed by atoms with Crippen LogP contribution in [0.1, 0.15) is 145 Å². The van der Waals surface area contributed by atoms with Crippen molar-refractivity contribution in [1.82, 2.24) is 58.5 Å². The molecule has 0 heterocycles. The van der Waals surface area contributed by atoms with E-state index in [0.717, 1.165) is 0 Å². The predicted molar refractivity (Wildman–Crippen MR) is 365 cm³/mol. The monoisotopic (exact) mass is 1360 g/mol. The molecule has 31 nitrogen and oxygen atoms in total. The van der Waals surface area contributed by atoms with E-state index in [1.807, 2.05) is 41.5 Å². The molecule has 0 aliphatic rings. The van der Waals surface area contributed by atoms with Crippen molar-refractivity contribution in [3.63, 3.8) is 0 Å². The van der Waals surface area contributed by atoms with Gasteiger partial charge in [-0.25, -0.2) is 0 Å². The Morgan fingerprint density at radius 2 is 0.794 bits per heavy atom. The van der Waals surface area contributed by atoms with Gasteiger partial charge in [-0.15, -0.1) is 0 Å². The van der Waals surface area contributed by atoms with E-state index in [0.29, 0.717) is 24.0 Å². The van der Waals surface area contributed by atoms with Crippen LogP contribution in [0.25, 0.3) is 0 Å². The van der Waals surface area contributed by atoms with E-state index in [2.05, 4.69) is 63.5 Å². The molecule has 2 rings (SSSR count). The second kappa shape index (κ2) is 43.3. The average Bonchev–Trinajstić information content (AvgIpc) is 0.935. The molecule has 542 valence electrons. The number of aliphatic imine (C=N–C) groups is 1. The Kier molecular flexibility index (Phi) is 37.5. The lowest BCUT2D eigenvalue weighted by Crippen LogP contribution is -2.61. The van der Waals surface area contributed by atoms with Gasteiger partial charge in [-0.2, -0.15) is 0 Å². The first kappa shape index (κ1) is 84.1. The van der Waals surface area contributed by atoms with E-state index in [1.165, 1.54) is 45.0 Å². The lowest BCUT2D eigenvalue weighted by molar-refractivity contribution is -0.136. The molecule has 0 saturated heterocycles. The lowest BCUT2D eigenvalue weighted by Gasteiger charge is -2.29. The molecular formula is C66H109N17O14. The van der Waals surface area contributed by atoms with Gasteiger partial charge in [0.1, 0.15) is 72.2 Å². The second-order valence-corrected chi connectivity index (χ2v) is 26.2. The van der Waals surface area contributed by atoms with Gasteiger partial charge in [-0.05, 0) is 132 Å². The van der Waals surface area contributed by atoms with E-state index in [-0.39, 0.29) is 106 Å². The Balaban J connectivity index is 2.41. The number of aromatic hydroxyl groups is 1. The topological polar surface area (TPSA) is 520 Å². The van der Waals surface area contributed by atoms with Crippen LogP contribution in [-0.2, 0) is 70.4 Å². The number of phenolic OH excluding ortho intramolecular Hbond substituents is 1. The Morgan fingerprint density at radius 1 is 0.423 bits per heavy atom. The number of nitrogens with one attached hydrogen (secondary N) is 11. The average molecular weight is 1360 g/mol. The minimum atomic E-state index is -1.39. The highest BCUT2D eigenvalue weighted by atomic mass is 16.3. The number of guanidine groups is 1. The van der Waals surface area contributed by atoms with Crippen LogP contribution in [0.3, 0.4) is 0 Å². The van der Waals surface area contributed by atoms with Gasteiger partial charge in [0.2, 0.25) is 70.9 Å². The molecule has 97 heavy (non-hydrogen) atoms. The summed E-state index contributed by atoms with van der Waals surface area (Å²) in [6, 6.07) is 0.464. The number of aliphatic hydroxyl groups excluding tert-OH is 1. The smallest absolute Gasteiger partial charge is 0.243 e. The summed E-state index contributed by atoms with van der Waals surface area (Å²) in [4.78, 5) is 169. The fourth-order valence-electron chi connectivity index (χ4n) is 9.97. The van der Waals surface area contributed by atoms with Crippen LogP contribution in [0, 0.1) is 23.7 Å². The van der Waals surface area contributed by atoms with Gasteiger partial charge in [-0.1, -0.05) is 97.9 Å².